The van der Waals surface area contributed by atoms with Crippen molar-refractivity contribution in [3.8, 4) is 0 Å². The minimum Gasteiger partial charge on any atom is -0.313 e. The standard InChI is InChI=1S/C8H18N2.2ClH/c1-3-9-8-5-6-10(4-2)7-8;;/h8-9H,3-7H2,1-2H3;2*1H. The van der Waals surface area contributed by atoms with Gasteiger partial charge in [-0.25, -0.2) is 0 Å². The summed E-state index contributed by atoms with van der Waals surface area (Å²) in [6.45, 7) is 9.27. The SMILES string of the molecule is CCNC1CCN(CC)C1.Cl.Cl. The van der Waals surface area contributed by atoms with Gasteiger partial charge in [0.15, 0.2) is 0 Å². The summed E-state index contributed by atoms with van der Waals surface area (Å²) in [5.74, 6) is 0. The first kappa shape index (κ1) is 15.0. The van der Waals surface area contributed by atoms with E-state index in [2.05, 4.69) is 24.1 Å². The Labute approximate surface area is 87.9 Å². The number of hydrogen-bond donors (Lipinski definition) is 1. The molecule has 0 amide bonds. The average Bonchev–Trinajstić information content (AvgIpc) is 2.37. The minimum atomic E-state index is 0. The van der Waals surface area contributed by atoms with Crippen LogP contribution in [0.25, 0.3) is 0 Å². The molecule has 0 bridgehead atoms. The minimum absolute atomic E-state index is 0. The molecular weight excluding hydrogens is 195 g/mol. The molecule has 0 aromatic heterocycles. The summed E-state index contributed by atoms with van der Waals surface area (Å²) in [7, 11) is 0. The topological polar surface area (TPSA) is 15.3 Å². The largest absolute Gasteiger partial charge is 0.313 e. The molecular formula is C8H20Cl2N2. The van der Waals surface area contributed by atoms with Crippen LogP contribution in [0.2, 0.25) is 0 Å². The van der Waals surface area contributed by atoms with Crippen molar-refractivity contribution in [1.29, 1.82) is 0 Å². The smallest absolute Gasteiger partial charge is 0.0207 e. The first-order valence-corrected chi connectivity index (χ1v) is 4.32. The van der Waals surface area contributed by atoms with Gasteiger partial charge in [0.1, 0.15) is 0 Å². The van der Waals surface area contributed by atoms with Gasteiger partial charge >= 0.3 is 0 Å². The van der Waals surface area contributed by atoms with Crippen molar-refractivity contribution >= 4 is 24.8 Å². The maximum atomic E-state index is 3.47. The fourth-order valence-electron chi connectivity index (χ4n) is 1.58. The molecule has 0 saturated carbocycles. The number of rotatable bonds is 3. The van der Waals surface area contributed by atoms with Crippen LogP contribution in [0.3, 0.4) is 0 Å². The van der Waals surface area contributed by atoms with Crippen LogP contribution in [-0.2, 0) is 0 Å². The van der Waals surface area contributed by atoms with Gasteiger partial charge in [0.25, 0.3) is 0 Å². The zero-order valence-corrected chi connectivity index (χ0v) is 9.51. The Morgan fingerprint density at radius 1 is 1.33 bits per heavy atom. The molecule has 0 aromatic carbocycles. The molecule has 0 aliphatic carbocycles. The van der Waals surface area contributed by atoms with Gasteiger partial charge in [-0.3, -0.25) is 0 Å². The Hall–Kier alpha value is 0.500. The third-order valence-corrected chi connectivity index (χ3v) is 2.21. The van der Waals surface area contributed by atoms with E-state index in [1.54, 1.807) is 0 Å². The van der Waals surface area contributed by atoms with Gasteiger partial charge < -0.3 is 10.2 Å². The van der Waals surface area contributed by atoms with Gasteiger partial charge in [0, 0.05) is 12.6 Å². The Kier molecular flexibility index (Phi) is 10.1. The number of nitrogens with one attached hydrogen (secondary N) is 1. The molecule has 1 aliphatic heterocycles. The molecule has 1 unspecified atom stereocenters. The van der Waals surface area contributed by atoms with Crippen molar-refractivity contribution in [3.05, 3.63) is 0 Å². The summed E-state index contributed by atoms with van der Waals surface area (Å²) >= 11 is 0. The van der Waals surface area contributed by atoms with Crippen molar-refractivity contribution in [2.24, 2.45) is 0 Å². The van der Waals surface area contributed by atoms with Crippen LogP contribution in [0, 0.1) is 0 Å². The molecule has 76 valence electrons. The lowest BCUT2D eigenvalue weighted by Gasteiger charge is -2.12. The van der Waals surface area contributed by atoms with E-state index in [0.29, 0.717) is 0 Å². The van der Waals surface area contributed by atoms with Crippen LogP contribution in [0.15, 0.2) is 0 Å². The Morgan fingerprint density at radius 2 is 2.00 bits per heavy atom. The monoisotopic (exact) mass is 214 g/mol. The normalized spacial score (nSPS) is 23.0. The first-order chi connectivity index (χ1) is 4.86. The van der Waals surface area contributed by atoms with E-state index in [-0.39, 0.29) is 24.8 Å². The van der Waals surface area contributed by atoms with Crippen molar-refractivity contribution in [2.45, 2.75) is 26.3 Å². The molecule has 1 fully saturated rings. The van der Waals surface area contributed by atoms with E-state index < -0.39 is 0 Å². The molecule has 1 saturated heterocycles. The summed E-state index contributed by atoms with van der Waals surface area (Å²) in [5.41, 5.74) is 0. The van der Waals surface area contributed by atoms with E-state index >= 15 is 0 Å². The van der Waals surface area contributed by atoms with Gasteiger partial charge in [-0.1, -0.05) is 13.8 Å². The molecule has 0 aromatic rings. The molecule has 1 N–H and O–H groups in total. The second-order valence-electron chi connectivity index (χ2n) is 2.94. The van der Waals surface area contributed by atoms with Crippen molar-refractivity contribution in [3.63, 3.8) is 0 Å². The maximum Gasteiger partial charge on any atom is 0.0207 e. The van der Waals surface area contributed by atoms with Gasteiger partial charge in [-0.15, -0.1) is 24.8 Å². The molecule has 0 radical (unpaired) electrons. The number of hydrogen-bond acceptors (Lipinski definition) is 2. The summed E-state index contributed by atoms with van der Waals surface area (Å²) in [6, 6.07) is 0.768. The Morgan fingerprint density at radius 3 is 2.42 bits per heavy atom. The second kappa shape index (κ2) is 8.11. The Bertz CT molecular complexity index is 101. The second-order valence-corrected chi connectivity index (χ2v) is 2.94. The molecule has 2 nitrogen and oxygen atoms in total. The van der Waals surface area contributed by atoms with Crippen molar-refractivity contribution in [2.75, 3.05) is 26.2 Å². The van der Waals surface area contributed by atoms with E-state index in [0.717, 1.165) is 12.6 Å². The van der Waals surface area contributed by atoms with Crippen LogP contribution in [0.5, 0.6) is 0 Å². The van der Waals surface area contributed by atoms with E-state index in [4.69, 9.17) is 0 Å². The van der Waals surface area contributed by atoms with Crippen LogP contribution >= 0.6 is 24.8 Å². The fourth-order valence-corrected chi connectivity index (χ4v) is 1.58. The molecule has 1 aliphatic rings. The summed E-state index contributed by atoms with van der Waals surface area (Å²) in [5, 5.41) is 3.47. The van der Waals surface area contributed by atoms with E-state index in [1.165, 1.54) is 26.1 Å². The number of nitrogens with zero attached hydrogens (tertiary/aromatic N) is 1. The highest BCUT2D eigenvalue weighted by atomic mass is 35.5. The third-order valence-electron chi connectivity index (χ3n) is 2.21. The molecule has 12 heavy (non-hydrogen) atoms. The molecule has 0 spiro atoms. The molecule has 1 atom stereocenters. The van der Waals surface area contributed by atoms with Crippen LogP contribution < -0.4 is 5.32 Å². The lowest BCUT2D eigenvalue weighted by atomic mass is 10.3. The molecule has 1 rings (SSSR count). The maximum absolute atomic E-state index is 3.47. The number of likely N-dealkylation sites (tertiary alicyclic amines) is 1. The molecule has 4 heteroatoms. The summed E-state index contributed by atoms with van der Waals surface area (Å²) < 4.78 is 0. The van der Waals surface area contributed by atoms with Gasteiger partial charge in [-0.05, 0) is 26.1 Å². The van der Waals surface area contributed by atoms with Crippen molar-refractivity contribution in [1.82, 2.24) is 10.2 Å². The third kappa shape index (κ3) is 4.51. The highest BCUT2D eigenvalue weighted by Crippen LogP contribution is 2.07. The zero-order chi connectivity index (χ0) is 7.40. The summed E-state index contributed by atoms with van der Waals surface area (Å²) in [4.78, 5) is 2.49. The van der Waals surface area contributed by atoms with Crippen molar-refractivity contribution < 1.29 is 0 Å². The summed E-state index contributed by atoms with van der Waals surface area (Å²) in [6.07, 6.45) is 1.34. The quantitative estimate of drug-likeness (QED) is 0.768. The van der Waals surface area contributed by atoms with Gasteiger partial charge in [0.2, 0.25) is 0 Å². The zero-order valence-electron chi connectivity index (χ0n) is 7.88. The number of halogens is 2. The van der Waals surface area contributed by atoms with E-state index in [9.17, 15) is 0 Å². The predicted molar refractivity (Wildman–Crippen MR) is 58.7 cm³/mol. The van der Waals surface area contributed by atoms with Gasteiger partial charge in [0.05, 0.1) is 0 Å². The highest BCUT2D eigenvalue weighted by Gasteiger charge is 2.19. The van der Waals surface area contributed by atoms with Gasteiger partial charge in [-0.2, -0.15) is 0 Å². The number of likely N-dealkylation sites (N-methyl/N-ethyl adjacent to an activating group) is 2. The Balaban J connectivity index is 0. The lowest BCUT2D eigenvalue weighted by Crippen LogP contribution is -2.32. The lowest BCUT2D eigenvalue weighted by molar-refractivity contribution is 0.346. The fraction of sp³-hybridized carbons (Fsp3) is 1.00. The van der Waals surface area contributed by atoms with Crippen LogP contribution in [-0.4, -0.2) is 37.1 Å². The average molecular weight is 215 g/mol. The predicted octanol–water partition coefficient (Wildman–Crippen LogP) is 1.53. The van der Waals surface area contributed by atoms with Crippen LogP contribution in [0.1, 0.15) is 20.3 Å². The molecule has 1 heterocycles. The first-order valence-electron chi connectivity index (χ1n) is 4.32. The highest BCUT2D eigenvalue weighted by molar-refractivity contribution is 5.85. The van der Waals surface area contributed by atoms with E-state index in [1.807, 2.05) is 0 Å². The van der Waals surface area contributed by atoms with Crippen LogP contribution in [0.4, 0.5) is 0 Å².